The summed E-state index contributed by atoms with van der Waals surface area (Å²) in [5.41, 5.74) is 1.28. The standard InChI is InChI=1S/C32H29F2N7O3S/c33-24-13-22-26(39(28-14-25(28)34)18-23(29(22)42)31(43)44)15-27(24)38-11-9-37(10-12-38)19-41-32(45)40(17-20-5-2-1-3-6-20)30(36-41)21-7-4-8-35-16-21/h1-8,13,15-16,18,25,28H,9-12,14,17,19H2,(H,43,44)/t25-,28+/m0/s1. The summed E-state index contributed by atoms with van der Waals surface area (Å²) in [6, 6.07) is 15.9. The summed E-state index contributed by atoms with van der Waals surface area (Å²) < 4.78 is 35.4. The number of benzene rings is 2. The second-order valence-electron chi connectivity index (χ2n) is 11.4. The predicted octanol–water partition coefficient (Wildman–Crippen LogP) is 4.74. The van der Waals surface area contributed by atoms with Crippen molar-refractivity contribution in [1.29, 1.82) is 0 Å². The van der Waals surface area contributed by atoms with E-state index in [1.165, 1.54) is 10.8 Å². The Morgan fingerprint density at radius 1 is 1.07 bits per heavy atom. The molecule has 1 N–H and O–H groups in total. The number of anilines is 1. The van der Waals surface area contributed by atoms with Crippen molar-refractivity contribution in [3.63, 3.8) is 0 Å². The van der Waals surface area contributed by atoms with Gasteiger partial charge in [-0.05, 0) is 42.0 Å². The average molecular weight is 630 g/mol. The minimum atomic E-state index is -1.43. The topological polar surface area (TPSA) is 101 Å². The van der Waals surface area contributed by atoms with Gasteiger partial charge in [-0.2, -0.15) is 5.10 Å². The number of nitrogens with zero attached hydrogens (tertiary/aromatic N) is 7. The summed E-state index contributed by atoms with van der Waals surface area (Å²) in [5.74, 6) is -1.33. The molecule has 2 atom stereocenters. The SMILES string of the molecule is O=C(O)c1cn([C@@H]2C[C@@H]2F)c2cc(N3CCN(Cn4nc(-c5cccnc5)n(Cc5ccccc5)c4=S)CC3)c(F)cc2c1=O. The molecule has 0 amide bonds. The maximum absolute atomic E-state index is 15.5. The number of hydrogen-bond donors (Lipinski definition) is 1. The van der Waals surface area contributed by atoms with Gasteiger partial charge in [-0.15, -0.1) is 0 Å². The maximum atomic E-state index is 15.5. The molecule has 45 heavy (non-hydrogen) atoms. The molecule has 1 aliphatic carbocycles. The zero-order valence-electron chi connectivity index (χ0n) is 24.1. The number of aromatic nitrogens is 5. The van der Waals surface area contributed by atoms with Crippen LogP contribution < -0.4 is 10.3 Å². The molecule has 7 rings (SSSR count). The van der Waals surface area contributed by atoms with Gasteiger partial charge in [0.1, 0.15) is 17.6 Å². The number of aromatic carboxylic acids is 1. The molecule has 0 bridgehead atoms. The largest absolute Gasteiger partial charge is 0.477 e. The van der Waals surface area contributed by atoms with E-state index in [9.17, 15) is 19.1 Å². The number of rotatable bonds is 8. The first-order chi connectivity index (χ1) is 21.8. The average Bonchev–Trinajstić information content (AvgIpc) is 3.71. The van der Waals surface area contributed by atoms with Gasteiger partial charge in [-0.25, -0.2) is 18.3 Å². The molecular weight excluding hydrogens is 600 g/mol. The minimum absolute atomic E-state index is 0.0706. The van der Waals surface area contributed by atoms with Gasteiger partial charge in [0.2, 0.25) is 5.43 Å². The van der Waals surface area contributed by atoms with Crippen LogP contribution in [0.2, 0.25) is 0 Å². The number of pyridine rings is 2. The summed E-state index contributed by atoms with van der Waals surface area (Å²) in [5, 5.41) is 14.3. The summed E-state index contributed by atoms with van der Waals surface area (Å²) in [6.07, 6.45) is 3.73. The Labute approximate surface area is 261 Å². The lowest BCUT2D eigenvalue weighted by Gasteiger charge is -2.36. The number of piperazine rings is 1. The molecule has 1 saturated heterocycles. The van der Waals surface area contributed by atoms with E-state index in [4.69, 9.17) is 17.3 Å². The number of alkyl halides is 1. The van der Waals surface area contributed by atoms with E-state index in [2.05, 4.69) is 9.88 Å². The van der Waals surface area contributed by atoms with Gasteiger partial charge in [0.05, 0.1) is 30.5 Å². The third kappa shape index (κ3) is 5.53. The highest BCUT2D eigenvalue weighted by molar-refractivity contribution is 7.71. The van der Waals surface area contributed by atoms with Crippen LogP contribution in [-0.4, -0.2) is 72.2 Å². The van der Waals surface area contributed by atoms with Crippen molar-refractivity contribution >= 4 is 34.8 Å². The third-order valence-electron chi connectivity index (χ3n) is 8.44. The van der Waals surface area contributed by atoms with Crippen molar-refractivity contribution in [2.75, 3.05) is 31.1 Å². The minimum Gasteiger partial charge on any atom is -0.477 e. The summed E-state index contributed by atoms with van der Waals surface area (Å²) in [7, 11) is 0. The van der Waals surface area contributed by atoms with Gasteiger partial charge < -0.3 is 14.6 Å². The monoisotopic (exact) mass is 629 g/mol. The second kappa shape index (κ2) is 11.6. The molecule has 1 saturated carbocycles. The lowest BCUT2D eigenvalue weighted by Crippen LogP contribution is -2.47. The molecule has 13 heteroatoms. The molecule has 2 aromatic carbocycles. The third-order valence-corrected chi connectivity index (χ3v) is 8.87. The van der Waals surface area contributed by atoms with E-state index in [-0.39, 0.29) is 17.5 Å². The second-order valence-corrected chi connectivity index (χ2v) is 11.8. The number of fused-ring (bicyclic) bond motifs is 1. The van der Waals surface area contributed by atoms with Crippen LogP contribution in [0.1, 0.15) is 28.4 Å². The molecule has 5 aromatic rings. The fraction of sp³-hybridized carbons (Fsp3) is 0.281. The maximum Gasteiger partial charge on any atom is 0.341 e. The van der Waals surface area contributed by atoms with E-state index < -0.39 is 35.0 Å². The van der Waals surface area contributed by atoms with E-state index in [1.54, 1.807) is 23.1 Å². The number of hydrogen-bond acceptors (Lipinski definition) is 7. The molecule has 0 unspecified atom stereocenters. The highest BCUT2D eigenvalue weighted by atomic mass is 32.1. The molecule has 10 nitrogen and oxygen atoms in total. The highest BCUT2D eigenvalue weighted by Crippen LogP contribution is 2.41. The van der Waals surface area contributed by atoms with Crippen LogP contribution in [0.25, 0.3) is 22.3 Å². The van der Waals surface area contributed by atoms with Gasteiger partial charge in [0, 0.05) is 62.1 Å². The Balaban J connectivity index is 1.13. The van der Waals surface area contributed by atoms with Gasteiger partial charge in [-0.1, -0.05) is 30.3 Å². The van der Waals surface area contributed by atoms with Crippen LogP contribution in [0.5, 0.6) is 0 Å². The Bertz CT molecular complexity index is 2020. The van der Waals surface area contributed by atoms with Crippen LogP contribution in [0.15, 0.2) is 78.0 Å². The number of carboxylic acid groups (broad SMARTS) is 1. The molecule has 0 spiro atoms. The van der Waals surface area contributed by atoms with E-state index in [0.29, 0.717) is 49.7 Å². The van der Waals surface area contributed by atoms with Crippen molar-refractivity contribution in [2.24, 2.45) is 0 Å². The van der Waals surface area contributed by atoms with Crippen molar-refractivity contribution in [3.05, 3.63) is 105 Å². The first-order valence-electron chi connectivity index (χ1n) is 14.6. The molecule has 2 aliphatic rings. The Morgan fingerprint density at radius 3 is 2.49 bits per heavy atom. The quantitative estimate of drug-likeness (QED) is 0.246. The van der Waals surface area contributed by atoms with Crippen LogP contribution in [0.4, 0.5) is 14.5 Å². The van der Waals surface area contributed by atoms with E-state index in [0.717, 1.165) is 23.0 Å². The van der Waals surface area contributed by atoms with Gasteiger partial charge in [0.15, 0.2) is 10.6 Å². The van der Waals surface area contributed by atoms with Crippen LogP contribution >= 0.6 is 12.2 Å². The Morgan fingerprint density at radius 2 is 1.82 bits per heavy atom. The molecule has 4 heterocycles. The van der Waals surface area contributed by atoms with Gasteiger partial charge in [0.25, 0.3) is 0 Å². The molecule has 2 fully saturated rings. The summed E-state index contributed by atoms with van der Waals surface area (Å²) in [4.78, 5) is 32.9. The Hall–Kier alpha value is -4.75. The summed E-state index contributed by atoms with van der Waals surface area (Å²) >= 11 is 5.89. The number of carboxylic acids is 1. The first-order valence-corrected chi connectivity index (χ1v) is 15.0. The van der Waals surface area contributed by atoms with Gasteiger partial charge >= 0.3 is 5.97 Å². The fourth-order valence-corrected chi connectivity index (χ4v) is 6.19. The van der Waals surface area contributed by atoms with Crippen molar-refractivity contribution in [1.82, 2.24) is 28.8 Å². The molecular formula is C32H29F2N7O3S. The zero-order valence-corrected chi connectivity index (χ0v) is 24.9. The number of carbonyl (C=O) groups is 1. The molecule has 0 radical (unpaired) electrons. The number of halogens is 2. The normalized spacial score (nSPS) is 18.4. The Kier molecular flexibility index (Phi) is 7.50. The van der Waals surface area contributed by atoms with E-state index in [1.807, 2.05) is 51.9 Å². The zero-order chi connectivity index (χ0) is 31.2. The molecule has 230 valence electrons. The summed E-state index contributed by atoms with van der Waals surface area (Å²) in [6.45, 7) is 3.16. The van der Waals surface area contributed by atoms with Crippen molar-refractivity contribution < 1.29 is 18.7 Å². The molecule has 3 aromatic heterocycles. The van der Waals surface area contributed by atoms with Gasteiger partial charge in [-0.3, -0.25) is 19.2 Å². The van der Waals surface area contributed by atoms with Crippen molar-refractivity contribution in [3.8, 4) is 11.4 Å². The van der Waals surface area contributed by atoms with Crippen LogP contribution in [-0.2, 0) is 13.2 Å². The van der Waals surface area contributed by atoms with E-state index >= 15 is 4.39 Å². The lowest BCUT2D eigenvalue weighted by atomic mass is 10.1. The smallest absolute Gasteiger partial charge is 0.341 e. The van der Waals surface area contributed by atoms with Crippen molar-refractivity contribution in [2.45, 2.75) is 31.8 Å². The lowest BCUT2D eigenvalue weighted by molar-refractivity contribution is 0.0694. The first kappa shape index (κ1) is 29.0. The fourth-order valence-electron chi connectivity index (χ4n) is 5.94. The predicted molar refractivity (Wildman–Crippen MR) is 167 cm³/mol. The highest BCUT2D eigenvalue weighted by Gasteiger charge is 2.40. The molecule has 1 aliphatic heterocycles. The van der Waals surface area contributed by atoms with Crippen LogP contribution in [0, 0.1) is 10.6 Å². The van der Waals surface area contributed by atoms with Crippen LogP contribution in [0.3, 0.4) is 0 Å².